The Bertz CT molecular complexity index is 1910. The molecule has 11 nitrogen and oxygen atoms in total. The second-order valence-corrected chi connectivity index (χ2v) is 14.7. The van der Waals surface area contributed by atoms with Gasteiger partial charge < -0.3 is 23.1 Å². The molecule has 4 aromatic carbocycles. The van der Waals surface area contributed by atoms with Crippen molar-refractivity contribution < 1.29 is 49.2 Å². The van der Waals surface area contributed by atoms with Crippen LogP contribution in [0.25, 0.3) is 0 Å². The van der Waals surface area contributed by atoms with E-state index < -0.39 is 55.5 Å². The SMILES string of the molecule is COc1ccc(OCCCS(=O)(=O)CCCN(c2ccc(Cl)c(C(=O)OCc3ccccc3)c2F)S(=O)(=O)Oc2ccc(OC)cc2)cc1. The molecule has 0 fully saturated rings. The Balaban J connectivity index is 1.50. The van der Waals surface area contributed by atoms with Gasteiger partial charge in [-0.1, -0.05) is 41.9 Å². The summed E-state index contributed by atoms with van der Waals surface area (Å²) in [6, 6.07) is 23.3. The van der Waals surface area contributed by atoms with Crippen LogP contribution in [0.15, 0.2) is 91.0 Å². The van der Waals surface area contributed by atoms with Crippen molar-refractivity contribution in [1.82, 2.24) is 0 Å². The first-order valence-corrected chi connectivity index (χ1v) is 18.5. The van der Waals surface area contributed by atoms with Gasteiger partial charge in [-0.15, -0.1) is 0 Å². The average Bonchev–Trinajstić information content (AvgIpc) is 3.09. The Kier molecular flexibility index (Phi) is 13.1. The molecule has 4 aromatic rings. The van der Waals surface area contributed by atoms with Crippen molar-refractivity contribution in [2.75, 3.05) is 43.2 Å². The number of carbonyl (C=O) groups excluding carboxylic acids is 1. The number of ether oxygens (including phenoxy) is 4. The van der Waals surface area contributed by atoms with E-state index in [0.717, 1.165) is 12.1 Å². The number of halogens is 2. The number of hydrogen-bond donors (Lipinski definition) is 0. The number of rotatable bonds is 18. The van der Waals surface area contributed by atoms with E-state index in [1.165, 1.54) is 38.5 Å². The zero-order valence-electron chi connectivity index (χ0n) is 26.7. The molecule has 49 heavy (non-hydrogen) atoms. The number of sulfone groups is 1. The van der Waals surface area contributed by atoms with E-state index in [-0.39, 0.29) is 42.6 Å². The maximum Gasteiger partial charge on any atom is 0.410 e. The summed E-state index contributed by atoms with van der Waals surface area (Å²) in [7, 11) is -5.52. The van der Waals surface area contributed by atoms with Gasteiger partial charge in [-0.2, -0.15) is 8.42 Å². The molecule has 0 N–H and O–H groups in total. The number of hydrogen-bond acceptors (Lipinski definition) is 10. The third-order valence-electron chi connectivity index (χ3n) is 7.03. The molecular formula is C34H35ClFNO10S2. The molecule has 0 aliphatic rings. The molecule has 0 heterocycles. The first-order chi connectivity index (χ1) is 23.4. The Morgan fingerprint density at radius 1 is 0.755 bits per heavy atom. The summed E-state index contributed by atoms with van der Waals surface area (Å²) in [6.45, 7) is -0.580. The van der Waals surface area contributed by atoms with Gasteiger partial charge in [0.1, 0.15) is 35.2 Å². The summed E-state index contributed by atoms with van der Waals surface area (Å²) in [5.41, 5.74) is -0.645. The molecule has 0 aromatic heterocycles. The second-order valence-electron chi connectivity index (χ2n) is 10.5. The molecule has 0 saturated heterocycles. The van der Waals surface area contributed by atoms with Crippen LogP contribution in [0.4, 0.5) is 10.1 Å². The number of anilines is 1. The lowest BCUT2D eigenvalue weighted by molar-refractivity contribution is 0.0467. The lowest BCUT2D eigenvalue weighted by Gasteiger charge is -2.25. The van der Waals surface area contributed by atoms with Gasteiger partial charge in [-0.25, -0.2) is 21.9 Å². The fourth-order valence-electron chi connectivity index (χ4n) is 4.54. The maximum atomic E-state index is 16.1. The normalized spacial score (nSPS) is 11.4. The number of benzene rings is 4. The second kappa shape index (κ2) is 17.2. The van der Waals surface area contributed by atoms with Gasteiger partial charge in [0, 0.05) is 6.54 Å². The van der Waals surface area contributed by atoms with E-state index in [1.54, 1.807) is 54.6 Å². The Morgan fingerprint density at radius 3 is 1.94 bits per heavy atom. The van der Waals surface area contributed by atoms with E-state index in [1.807, 2.05) is 0 Å². The predicted octanol–water partition coefficient (Wildman–Crippen LogP) is 6.26. The zero-order valence-corrected chi connectivity index (χ0v) is 29.1. The minimum atomic E-state index is -4.82. The van der Waals surface area contributed by atoms with Crippen LogP contribution < -0.4 is 22.7 Å². The van der Waals surface area contributed by atoms with Crippen molar-refractivity contribution in [2.24, 2.45) is 0 Å². The van der Waals surface area contributed by atoms with E-state index >= 15 is 4.39 Å². The van der Waals surface area contributed by atoms with Gasteiger partial charge in [0.25, 0.3) is 0 Å². The van der Waals surface area contributed by atoms with Crippen molar-refractivity contribution in [3.8, 4) is 23.0 Å². The number of methoxy groups -OCH3 is 2. The molecule has 0 aliphatic heterocycles. The van der Waals surface area contributed by atoms with Gasteiger partial charge in [0.15, 0.2) is 15.7 Å². The van der Waals surface area contributed by atoms with Gasteiger partial charge in [-0.05, 0) is 79.1 Å². The minimum Gasteiger partial charge on any atom is -0.497 e. The van der Waals surface area contributed by atoms with E-state index in [2.05, 4.69) is 0 Å². The van der Waals surface area contributed by atoms with Crippen LogP contribution in [-0.4, -0.2) is 61.7 Å². The Morgan fingerprint density at radius 2 is 1.33 bits per heavy atom. The molecule has 0 radical (unpaired) electrons. The molecular weight excluding hydrogens is 701 g/mol. The van der Waals surface area contributed by atoms with Crippen LogP contribution in [0.1, 0.15) is 28.8 Å². The van der Waals surface area contributed by atoms with Gasteiger partial charge >= 0.3 is 16.3 Å². The van der Waals surface area contributed by atoms with Gasteiger partial charge in [0.2, 0.25) is 0 Å². The van der Waals surface area contributed by atoms with Crippen molar-refractivity contribution in [3.63, 3.8) is 0 Å². The number of nitrogens with zero attached hydrogens (tertiary/aromatic N) is 1. The first-order valence-electron chi connectivity index (χ1n) is 14.9. The smallest absolute Gasteiger partial charge is 0.410 e. The molecule has 262 valence electrons. The lowest BCUT2D eigenvalue weighted by atomic mass is 10.1. The van der Waals surface area contributed by atoms with Crippen molar-refractivity contribution >= 4 is 43.4 Å². The Hall–Kier alpha value is -4.53. The van der Waals surface area contributed by atoms with Gasteiger partial charge in [-0.3, -0.25) is 0 Å². The van der Waals surface area contributed by atoms with E-state index in [4.69, 9.17) is 34.7 Å². The number of esters is 1. The predicted molar refractivity (Wildman–Crippen MR) is 183 cm³/mol. The standard InChI is InChI=1S/C34H35ClFNO10S2/c1-43-26-10-14-28(15-11-26)45-21-7-23-48(39,40)22-6-20-37(49(41,42)47-29-16-12-27(44-2)13-17-29)31-19-18-30(35)32(33(31)36)34(38)46-24-25-8-4-3-5-9-25/h3-5,8-19H,6-7,20-24H2,1-2H3. The van der Waals surface area contributed by atoms with Crippen LogP contribution in [-0.2, 0) is 31.5 Å². The monoisotopic (exact) mass is 735 g/mol. The highest BCUT2D eigenvalue weighted by molar-refractivity contribution is 7.91. The highest BCUT2D eigenvalue weighted by atomic mass is 35.5. The van der Waals surface area contributed by atoms with Crippen molar-refractivity contribution in [2.45, 2.75) is 19.4 Å². The van der Waals surface area contributed by atoms with Crippen molar-refractivity contribution in [1.29, 1.82) is 0 Å². The summed E-state index contributed by atoms with van der Waals surface area (Å²) < 4.78 is 95.9. The fraction of sp³-hybridized carbons (Fsp3) is 0.265. The quantitative estimate of drug-likeness (QED) is 0.0852. The minimum absolute atomic E-state index is 0.118. The van der Waals surface area contributed by atoms with Crippen LogP contribution in [0, 0.1) is 5.82 Å². The third-order valence-corrected chi connectivity index (χ3v) is 10.5. The summed E-state index contributed by atoms with van der Waals surface area (Å²) in [5.74, 6) is -1.55. The molecule has 0 bridgehead atoms. The zero-order chi connectivity index (χ0) is 35.4. The molecule has 0 saturated carbocycles. The van der Waals surface area contributed by atoms with Crippen molar-refractivity contribution in [3.05, 3.63) is 113 Å². The lowest BCUT2D eigenvalue weighted by Crippen LogP contribution is -2.37. The molecule has 15 heteroatoms. The molecule has 0 atom stereocenters. The molecule has 0 spiro atoms. The topological polar surface area (TPSA) is 135 Å². The largest absolute Gasteiger partial charge is 0.497 e. The summed E-state index contributed by atoms with van der Waals surface area (Å²) >= 11 is 6.19. The van der Waals surface area contributed by atoms with E-state index in [9.17, 15) is 21.6 Å². The van der Waals surface area contributed by atoms with Crippen LogP contribution >= 0.6 is 11.6 Å². The summed E-state index contributed by atoms with van der Waals surface area (Å²) in [5, 5.41) is -0.313. The van der Waals surface area contributed by atoms with Crippen LogP contribution in [0.3, 0.4) is 0 Å². The van der Waals surface area contributed by atoms with Crippen LogP contribution in [0.5, 0.6) is 23.0 Å². The molecule has 4 rings (SSSR count). The van der Waals surface area contributed by atoms with Gasteiger partial charge in [0.05, 0.1) is 43.0 Å². The third kappa shape index (κ3) is 10.7. The summed E-state index contributed by atoms with van der Waals surface area (Å²) in [6.07, 6.45) is -0.0556. The molecule has 0 amide bonds. The van der Waals surface area contributed by atoms with E-state index in [0.29, 0.717) is 27.1 Å². The average molecular weight is 736 g/mol. The first kappa shape index (κ1) is 37.3. The Labute approximate surface area is 290 Å². The number of carbonyl (C=O) groups is 1. The fourth-order valence-corrected chi connectivity index (χ4v) is 7.27. The molecule has 0 unspecified atom stereocenters. The maximum absolute atomic E-state index is 16.1. The molecule has 0 aliphatic carbocycles. The summed E-state index contributed by atoms with van der Waals surface area (Å²) in [4.78, 5) is 13.0. The highest BCUT2D eigenvalue weighted by Gasteiger charge is 2.31. The highest BCUT2D eigenvalue weighted by Crippen LogP contribution is 2.32. The van der Waals surface area contributed by atoms with Crippen LogP contribution in [0.2, 0.25) is 5.02 Å².